The molecule has 2 aromatic carbocycles. The van der Waals surface area contributed by atoms with Crippen LogP contribution in [0.3, 0.4) is 0 Å². The monoisotopic (exact) mass is 417 g/mol. The fourth-order valence-corrected chi connectivity index (χ4v) is 3.16. The predicted molar refractivity (Wildman–Crippen MR) is 111 cm³/mol. The largest absolute Gasteiger partial charge is 0.494 e. The summed E-state index contributed by atoms with van der Waals surface area (Å²) in [5.74, 6) is 0.245. The van der Waals surface area contributed by atoms with Crippen molar-refractivity contribution in [2.45, 2.75) is 6.54 Å². The average molecular weight is 418 g/mol. The van der Waals surface area contributed by atoms with Gasteiger partial charge in [0.2, 0.25) is 0 Å². The van der Waals surface area contributed by atoms with Gasteiger partial charge < -0.3 is 15.0 Å². The Morgan fingerprint density at radius 2 is 1.97 bits per heavy atom. The Balaban J connectivity index is 1.60. The maximum absolute atomic E-state index is 13.8. The first-order valence-corrected chi connectivity index (χ1v) is 9.47. The number of ether oxygens (including phenoxy) is 1. The van der Waals surface area contributed by atoms with Gasteiger partial charge in [-0.25, -0.2) is 4.39 Å². The molecule has 0 saturated heterocycles. The molecule has 1 unspecified atom stereocenters. The number of hydrogen-bond acceptors (Lipinski definition) is 3. The molecule has 6 nitrogen and oxygen atoms in total. The number of benzene rings is 2. The predicted octanol–water partition coefficient (Wildman–Crippen LogP) is 2.54. The van der Waals surface area contributed by atoms with E-state index >= 15 is 0 Å². The molecule has 152 valence electrons. The maximum atomic E-state index is 13.8. The van der Waals surface area contributed by atoms with Gasteiger partial charge in [-0.15, -0.1) is 0 Å². The number of aromatic nitrogens is 2. The number of hydrogen-bond donors (Lipinski definition) is 2. The van der Waals surface area contributed by atoms with E-state index in [1.165, 1.54) is 13.2 Å². The van der Waals surface area contributed by atoms with Crippen molar-refractivity contribution >= 4 is 23.3 Å². The SMILES string of the molecule is COc1ccc(C[NH+](C)CC(=O)Nc2cc(-c3ccc(Cl)cc3)nn2C)cc1F. The summed E-state index contributed by atoms with van der Waals surface area (Å²) in [4.78, 5) is 13.4. The molecule has 1 heterocycles. The summed E-state index contributed by atoms with van der Waals surface area (Å²) in [6, 6.07) is 14.0. The van der Waals surface area contributed by atoms with Gasteiger partial charge >= 0.3 is 0 Å². The summed E-state index contributed by atoms with van der Waals surface area (Å²) in [5.41, 5.74) is 2.45. The van der Waals surface area contributed by atoms with Gasteiger partial charge in [-0.3, -0.25) is 9.48 Å². The Hall–Kier alpha value is -2.90. The summed E-state index contributed by atoms with van der Waals surface area (Å²) in [5, 5.41) is 7.97. The van der Waals surface area contributed by atoms with Gasteiger partial charge in [0.25, 0.3) is 5.91 Å². The van der Waals surface area contributed by atoms with Crippen molar-refractivity contribution in [1.29, 1.82) is 0 Å². The molecule has 1 amide bonds. The third-order valence-corrected chi connectivity index (χ3v) is 4.72. The minimum absolute atomic E-state index is 0.151. The molecule has 0 radical (unpaired) electrons. The fraction of sp³-hybridized carbons (Fsp3) is 0.238. The zero-order valence-electron chi connectivity index (χ0n) is 16.5. The van der Waals surface area contributed by atoms with Crippen molar-refractivity contribution in [1.82, 2.24) is 9.78 Å². The number of rotatable bonds is 7. The van der Waals surface area contributed by atoms with E-state index in [0.29, 0.717) is 17.4 Å². The molecule has 0 aliphatic rings. The number of quaternary nitrogens is 1. The Morgan fingerprint density at radius 3 is 2.62 bits per heavy atom. The van der Waals surface area contributed by atoms with Gasteiger partial charge in [0, 0.05) is 29.3 Å². The van der Waals surface area contributed by atoms with Crippen LogP contribution in [-0.2, 0) is 18.4 Å². The molecule has 1 atom stereocenters. The normalized spacial score (nSPS) is 11.9. The maximum Gasteiger partial charge on any atom is 0.280 e. The van der Waals surface area contributed by atoms with Crippen LogP contribution in [0.25, 0.3) is 11.3 Å². The molecule has 0 aliphatic heterocycles. The topological polar surface area (TPSA) is 60.6 Å². The number of carbonyl (C=O) groups is 1. The van der Waals surface area contributed by atoms with Crippen LogP contribution < -0.4 is 15.0 Å². The second kappa shape index (κ2) is 9.07. The summed E-state index contributed by atoms with van der Waals surface area (Å²) in [7, 11) is 5.08. The van der Waals surface area contributed by atoms with Crippen molar-refractivity contribution in [3.63, 3.8) is 0 Å². The lowest BCUT2D eigenvalue weighted by Gasteiger charge is -2.14. The number of nitrogens with zero attached hydrogens (tertiary/aromatic N) is 2. The number of methoxy groups -OCH3 is 1. The highest BCUT2D eigenvalue weighted by molar-refractivity contribution is 6.30. The summed E-state index contributed by atoms with van der Waals surface area (Å²) < 4.78 is 20.4. The molecule has 2 N–H and O–H groups in total. The number of anilines is 1. The Bertz CT molecular complexity index is 1000. The lowest BCUT2D eigenvalue weighted by molar-refractivity contribution is -0.885. The Kier molecular flexibility index (Phi) is 6.51. The first-order chi connectivity index (χ1) is 13.9. The molecular weight excluding hydrogens is 395 g/mol. The minimum Gasteiger partial charge on any atom is -0.494 e. The molecular formula is C21H23ClFN4O2+. The number of carbonyl (C=O) groups excluding carboxylic acids is 1. The summed E-state index contributed by atoms with van der Waals surface area (Å²) in [6.07, 6.45) is 0. The van der Waals surface area contributed by atoms with Crippen molar-refractivity contribution in [3.8, 4) is 17.0 Å². The van der Waals surface area contributed by atoms with E-state index in [-0.39, 0.29) is 18.2 Å². The molecule has 0 saturated carbocycles. The van der Waals surface area contributed by atoms with Crippen molar-refractivity contribution in [2.24, 2.45) is 7.05 Å². The highest BCUT2D eigenvalue weighted by Gasteiger charge is 2.15. The van der Waals surface area contributed by atoms with Crippen LogP contribution in [0.2, 0.25) is 5.02 Å². The van der Waals surface area contributed by atoms with E-state index in [0.717, 1.165) is 21.7 Å². The van der Waals surface area contributed by atoms with Gasteiger partial charge in [-0.1, -0.05) is 23.7 Å². The quantitative estimate of drug-likeness (QED) is 0.621. The molecule has 0 spiro atoms. The van der Waals surface area contributed by atoms with Crippen molar-refractivity contribution in [3.05, 3.63) is 64.9 Å². The van der Waals surface area contributed by atoms with Gasteiger partial charge in [-0.2, -0.15) is 5.10 Å². The zero-order chi connectivity index (χ0) is 21.0. The van der Waals surface area contributed by atoms with Gasteiger partial charge in [0.1, 0.15) is 12.4 Å². The second-order valence-electron chi connectivity index (χ2n) is 6.87. The molecule has 0 fully saturated rings. The minimum atomic E-state index is -0.410. The van der Waals surface area contributed by atoms with Crippen LogP contribution in [0, 0.1) is 5.82 Å². The van der Waals surface area contributed by atoms with E-state index < -0.39 is 5.82 Å². The third kappa shape index (κ3) is 5.34. The van der Waals surface area contributed by atoms with Crippen LogP contribution in [-0.4, -0.2) is 36.4 Å². The number of amides is 1. The van der Waals surface area contributed by atoms with E-state index in [1.54, 1.807) is 36.0 Å². The lowest BCUT2D eigenvalue weighted by atomic mass is 10.1. The first kappa shape index (κ1) is 20.8. The van der Waals surface area contributed by atoms with Gasteiger partial charge in [0.05, 0.1) is 19.9 Å². The van der Waals surface area contributed by atoms with Crippen LogP contribution in [0.5, 0.6) is 5.75 Å². The average Bonchev–Trinajstić information content (AvgIpc) is 3.02. The smallest absolute Gasteiger partial charge is 0.280 e. The molecule has 29 heavy (non-hydrogen) atoms. The number of halogens is 2. The second-order valence-corrected chi connectivity index (χ2v) is 7.31. The summed E-state index contributed by atoms with van der Waals surface area (Å²) >= 11 is 5.92. The standard InChI is InChI=1S/C21H22ClFN4O2/c1-26(12-14-4-9-19(29-3)17(23)10-14)13-21(28)24-20-11-18(25-27(20)2)15-5-7-16(22)8-6-15/h4-11H,12-13H2,1-3H3,(H,24,28)/p+1. The number of likely N-dealkylation sites (N-methyl/N-ethyl adjacent to an activating group) is 1. The van der Waals surface area contributed by atoms with E-state index in [9.17, 15) is 9.18 Å². The molecule has 0 bridgehead atoms. The van der Waals surface area contributed by atoms with E-state index in [4.69, 9.17) is 16.3 Å². The lowest BCUT2D eigenvalue weighted by Crippen LogP contribution is -3.08. The summed E-state index contributed by atoms with van der Waals surface area (Å²) in [6.45, 7) is 0.741. The third-order valence-electron chi connectivity index (χ3n) is 4.47. The highest BCUT2D eigenvalue weighted by Crippen LogP contribution is 2.23. The molecule has 0 aliphatic carbocycles. The van der Waals surface area contributed by atoms with Gasteiger partial charge in [0.15, 0.2) is 18.1 Å². The highest BCUT2D eigenvalue weighted by atomic mass is 35.5. The van der Waals surface area contributed by atoms with Crippen LogP contribution in [0.1, 0.15) is 5.56 Å². The van der Waals surface area contributed by atoms with Crippen molar-refractivity contribution < 1.29 is 18.8 Å². The molecule has 8 heteroatoms. The zero-order valence-corrected chi connectivity index (χ0v) is 17.3. The number of aryl methyl sites for hydroxylation is 1. The Morgan fingerprint density at radius 1 is 1.24 bits per heavy atom. The molecule has 3 aromatic rings. The molecule has 3 rings (SSSR count). The van der Waals surface area contributed by atoms with Crippen molar-refractivity contribution in [2.75, 3.05) is 26.0 Å². The fourth-order valence-electron chi connectivity index (χ4n) is 3.04. The van der Waals surface area contributed by atoms with Crippen LogP contribution in [0.15, 0.2) is 48.5 Å². The Labute approximate surface area is 173 Å². The van der Waals surface area contributed by atoms with E-state index in [1.807, 2.05) is 25.2 Å². The number of nitrogens with one attached hydrogen (secondary N) is 2. The van der Waals surface area contributed by atoms with E-state index in [2.05, 4.69) is 10.4 Å². The molecule has 1 aromatic heterocycles. The van der Waals surface area contributed by atoms with Crippen LogP contribution in [0.4, 0.5) is 10.2 Å². The first-order valence-electron chi connectivity index (χ1n) is 9.09. The van der Waals surface area contributed by atoms with Gasteiger partial charge in [-0.05, 0) is 30.3 Å². The van der Waals surface area contributed by atoms with Crippen LogP contribution >= 0.6 is 11.6 Å².